The van der Waals surface area contributed by atoms with Crippen LogP contribution in [-0.4, -0.2) is 23.0 Å². The molecule has 110 valence electrons. The smallest absolute Gasteiger partial charge is 0.340 e. The van der Waals surface area contributed by atoms with E-state index in [2.05, 4.69) is 4.98 Å². The summed E-state index contributed by atoms with van der Waals surface area (Å²) in [6, 6.07) is 10.8. The molecular formula is C15H10N2O5. The summed E-state index contributed by atoms with van der Waals surface area (Å²) < 4.78 is 10.3. The molecule has 2 aromatic carbocycles. The lowest BCUT2D eigenvalue weighted by Crippen LogP contribution is -2.01. The molecule has 7 heteroatoms. The van der Waals surface area contributed by atoms with Crippen molar-refractivity contribution >= 4 is 22.8 Å². The summed E-state index contributed by atoms with van der Waals surface area (Å²) in [5.41, 5.74) is 1.70. The summed E-state index contributed by atoms with van der Waals surface area (Å²) in [4.78, 5) is 26.2. The minimum Gasteiger partial charge on any atom is -0.465 e. The molecule has 0 aliphatic carbocycles. The number of hydrogen-bond acceptors (Lipinski definition) is 6. The van der Waals surface area contributed by atoms with Crippen molar-refractivity contribution < 1.29 is 18.9 Å². The number of carbonyl (C=O) groups excluding carboxylic acids is 1. The quantitative estimate of drug-likeness (QED) is 0.418. The molecule has 0 amide bonds. The zero-order valence-electron chi connectivity index (χ0n) is 11.5. The van der Waals surface area contributed by atoms with Crippen LogP contribution in [0, 0.1) is 10.1 Å². The van der Waals surface area contributed by atoms with Gasteiger partial charge in [0.2, 0.25) is 5.89 Å². The van der Waals surface area contributed by atoms with Gasteiger partial charge in [-0.05, 0) is 24.3 Å². The zero-order valence-corrected chi connectivity index (χ0v) is 11.5. The maximum atomic E-state index is 11.7. The molecule has 0 bridgehead atoms. The van der Waals surface area contributed by atoms with Gasteiger partial charge in [0.1, 0.15) is 5.52 Å². The maximum Gasteiger partial charge on any atom is 0.340 e. The first-order valence-electron chi connectivity index (χ1n) is 6.33. The van der Waals surface area contributed by atoms with Gasteiger partial charge in [0.25, 0.3) is 5.69 Å². The highest BCUT2D eigenvalue weighted by Gasteiger charge is 2.17. The molecule has 0 aliphatic heterocycles. The van der Waals surface area contributed by atoms with Crippen LogP contribution in [-0.2, 0) is 4.74 Å². The van der Waals surface area contributed by atoms with Crippen LogP contribution in [0.2, 0.25) is 0 Å². The molecule has 0 spiro atoms. The Labute approximate surface area is 124 Å². The van der Waals surface area contributed by atoms with E-state index >= 15 is 0 Å². The molecule has 0 aliphatic rings. The molecule has 3 aromatic rings. The monoisotopic (exact) mass is 298 g/mol. The molecule has 3 rings (SSSR count). The fraction of sp³-hybridized carbons (Fsp3) is 0.0667. The molecular weight excluding hydrogens is 288 g/mol. The number of benzene rings is 2. The minimum atomic E-state index is -0.505. The van der Waals surface area contributed by atoms with Gasteiger partial charge in [-0.2, -0.15) is 0 Å². The van der Waals surface area contributed by atoms with E-state index in [9.17, 15) is 14.9 Å². The third-order valence-corrected chi connectivity index (χ3v) is 3.15. The predicted molar refractivity (Wildman–Crippen MR) is 77.4 cm³/mol. The third kappa shape index (κ3) is 2.28. The number of para-hydroxylation sites is 1. The van der Waals surface area contributed by atoms with Crippen LogP contribution in [0.1, 0.15) is 10.4 Å². The number of carbonyl (C=O) groups is 1. The summed E-state index contributed by atoms with van der Waals surface area (Å²) in [7, 11) is 1.29. The second kappa shape index (κ2) is 5.28. The number of rotatable bonds is 3. The normalized spacial score (nSPS) is 10.6. The summed E-state index contributed by atoms with van der Waals surface area (Å²) in [5.74, 6) is -0.226. The van der Waals surface area contributed by atoms with E-state index < -0.39 is 10.9 Å². The molecule has 0 saturated carbocycles. The van der Waals surface area contributed by atoms with Gasteiger partial charge in [-0.15, -0.1) is 0 Å². The van der Waals surface area contributed by atoms with E-state index in [1.165, 1.54) is 19.2 Å². The summed E-state index contributed by atoms with van der Waals surface area (Å²) >= 11 is 0. The molecule has 1 heterocycles. The number of methoxy groups -OCH3 is 1. The van der Waals surface area contributed by atoms with Crippen LogP contribution in [0.4, 0.5) is 5.69 Å². The number of non-ortho nitro benzene ring substituents is 1. The van der Waals surface area contributed by atoms with Gasteiger partial charge in [0.05, 0.1) is 17.6 Å². The second-order valence-corrected chi connectivity index (χ2v) is 4.47. The van der Waals surface area contributed by atoms with Gasteiger partial charge < -0.3 is 9.15 Å². The highest BCUT2D eigenvalue weighted by molar-refractivity contribution is 6.01. The lowest BCUT2D eigenvalue weighted by atomic mass is 10.2. The number of fused-ring (bicyclic) bond motifs is 1. The Hall–Kier alpha value is -3.22. The van der Waals surface area contributed by atoms with Gasteiger partial charge in [0, 0.05) is 17.7 Å². The summed E-state index contributed by atoms with van der Waals surface area (Å²) in [5, 5.41) is 10.7. The lowest BCUT2D eigenvalue weighted by Gasteiger charge is -1.97. The molecule has 0 atom stereocenters. The maximum absolute atomic E-state index is 11.7. The van der Waals surface area contributed by atoms with E-state index in [1.54, 1.807) is 30.3 Å². The fourth-order valence-corrected chi connectivity index (χ4v) is 2.07. The van der Waals surface area contributed by atoms with E-state index in [0.29, 0.717) is 22.2 Å². The Balaban J connectivity index is 2.08. The van der Waals surface area contributed by atoms with Gasteiger partial charge in [-0.25, -0.2) is 9.78 Å². The van der Waals surface area contributed by atoms with Crippen molar-refractivity contribution in [2.24, 2.45) is 0 Å². The number of nitro benzene ring substituents is 1. The van der Waals surface area contributed by atoms with Crippen molar-refractivity contribution in [3.8, 4) is 11.5 Å². The summed E-state index contributed by atoms with van der Waals surface area (Å²) in [6.07, 6.45) is 0. The first kappa shape index (κ1) is 13.7. The van der Waals surface area contributed by atoms with Crippen LogP contribution in [0.15, 0.2) is 46.9 Å². The molecule has 0 N–H and O–H groups in total. The SMILES string of the molecule is COC(=O)c1cccc2oc(-c3ccc([N+](=O)[O-])cc3)nc12. The van der Waals surface area contributed by atoms with Crippen LogP contribution < -0.4 is 0 Å². The standard InChI is InChI=1S/C15H10N2O5/c1-21-15(18)11-3-2-4-12-13(11)16-14(22-12)9-5-7-10(8-6-9)17(19)20/h2-8H,1H3. The molecule has 0 saturated heterocycles. The van der Waals surface area contributed by atoms with Crippen LogP contribution >= 0.6 is 0 Å². The number of esters is 1. The Kier molecular flexibility index (Phi) is 3.30. The molecule has 0 radical (unpaired) electrons. The first-order valence-corrected chi connectivity index (χ1v) is 6.33. The van der Waals surface area contributed by atoms with Gasteiger partial charge in [-0.1, -0.05) is 6.07 Å². The molecule has 7 nitrogen and oxygen atoms in total. The third-order valence-electron chi connectivity index (χ3n) is 3.15. The number of ether oxygens (including phenoxy) is 1. The van der Waals surface area contributed by atoms with Crippen molar-refractivity contribution in [1.82, 2.24) is 4.98 Å². The average Bonchev–Trinajstić information content (AvgIpc) is 2.98. The summed E-state index contributed by atoms with van der Waals surface area (Å²) in [6.45, 7) is 0. The molecule has 0 fully saturated rings. The highest BCUT2D eigenvalue weighted by atomic mass is 16.6. The lowest BCUT2D eigenvalue weighted by molar-refractivity contribution is -0.384. The average molecular weight is 298 g/mol. The number of nitro groups is 1. The minimum absolute atomic E-state index is 0.0184. The predicted octanol–water partition coefficient (Wildman–Crippen LogP) is 3.19. The van der Waals surface area contributed by atoms with Gasteiger partial charge >= 0.3 is 5.97 Å². The van der Waals surface area contributed by atoms with E-state index in [-0.39, 0.29) is 11.6 Å². The second-order valence-electron chi connectivity index (χ2n) is 4.47. The first-order chi connectivity index (χ1) is 10.6. The van der Waals surface area contributed by atoms with Crippen LogP contribution in [0.25, 0.3) is 22.6 Å². The molecule has 1 aromatic heterocycles. The largest absolute Gasteiger partial charge is 0.465 e. The van der Waals surface area contributed by atoms with E-state index in [0.717, 1.165) is 0 Å². The number of oxazole rings is 1. The molecule has 22 heavy (non-hydrogen) atoms. The van der Waals surface area contributed by atoms with E-state index in [1.807, 2.05) is 0 Å². The van der Waals surface area contributed by atoms with Crippen LogP contribution in [0.5, 0.6) is 0 Å². The van der Waals surface area contributed by atoms with E-state index in [4.69, 9.17) is 9.15 Å². The van der Waals surface area contributed by atoms with Gasteiger partial charge in [-0.3, -0.25) is 10.1 Å². The Morgan fingerprint density at radius 1 is 1.23 bits per heavy atom. The fourth-order valence-electron chi connectivity index (χ4n) is 2.07. The Morgan fingerprint density at radius 3 is 2.59 bits per heavy atom. The van der Waals surface area contributed by atoms with Crippen molar-refractivity contribution in [3.63, 3.8) is 0 Å². The molecule has 0 unspecified atom stereocenters. The van der Waals surface area contributed by atoms with Crippen LogP contribution in [0.3, 0.4) is 0 Å². The Bertz CT molecular complexity index is 867. The number of nitrogens with zero attached hydrogens (tertiary/aromatic N) is 2. The van der Waals surface area contributed by atoms with Crippen molar-refractivity contribution in [1.29, 1.82) is 0 Å². The highest BCUT2D eigenvalue weighted by Crippen LogP contribution is 2.27. The number of hydrogen-bond donors (Lipinski definition) is 0. The van der Waals surface area contributed by atoms with Crippen molar-refractivity contribution in [3.05, 3.63) is 58.1 Å². The Morgan fingerprint density at radius 2 is 1.95 bits per heavy atom. The number of aromatic nitrogens is 1. The topological polar surface area (TPSA) is 95.5 Å². The van der Waals surface area contributed by atoms with Crippen molar-refractivity contribution in [2.45, 2.75) is 0 Å². The zero-order chi connectivity index (χ0) is 15.7. The van der Waals surface area contributed by atoms with Crippen molar-refractivity contribution in [2.75, 3.05) is 7.11 Å². The van der Waals surface area contributed by atoms with Gasteiger partial charge in [0.15, 0.2) is 5.58 Å².